The highest BCUT2D eigenvalue weighted by molar-refractivity contribution is 5.68. The van der Waals surface area contributed by atoms with Crippen molar-refractivity contribution in [3.8, 4) is 0 Å². The van der Waals surface area contributed by atoms with Crippen molar-refractivity contribution >= 4 is 5.97 Å². The van der Waals surface area contributed by atoms with Gasteiger partial charge in [0.25, 0.3) is 0 Å². The molecule has 4 heteroatoms. The molecule has 0 aromatic rings. The largest absolute Gasteiger partial charge is 0.481 e. The van der Waals surface area contributed by atoms with Crippen LogP contribution in [0.25, 0.3) is 0 Å². The Balaban J connectivity index is 2.54. The van der Waals surface area contributed by atoms with E-state index in [-0.39, 0.29) is 12.0 Å². The lowest BCUT2D eigenvalue weighted by Gasteiger charge is -2.36. The van der Waals surface area contributed by atoms with Crippen molar-refractivity contribution in [2.75, 3.05) is 26.3 Å². The van der Waals surface area contributed by atoms with Gasteiger partial charge in [-0.3, -0.25) is 9.69 Å². The zero-order chi connectivity index (χ0) is 10.6. The van der Waals surface area contributed by atoms with Crippen molar-refractivity contribution in [1.82, 2.24) is 4.90 Å². The lowest BCUT2D eigenvalue weighted by molar-refractivity contribution is -0.139. The molecule has 0 unspecified atom stereocenters. The Morgan fingerprint density at radius 2 is 2.14 bits per heavy atom. The van der Waals surface area contributed by atoms with Crippen LogP contribution in [0.1, 0.15) is 26.7 Å². The molecule has 82 valence electrons. The fraction of sp³-hybridized carbons (Fsp3) is 0.900. The van der Waals surface area contributed by atoms with Gasteiger partial charge in [-0.2, -0.15) is 0 Å². The summed E-state index contributed by atoms with van der Waals surface area (Å²) < 4.78 is 5.34. The molecule has 1 N–H and O–H groups in total. The molecule has 0 radical (unpaired) electrons. The van der Waals surface area contributed by atoms with Gasteiger partial charge in [-0.25, -0.2) is 0 Å². The maximum Gasteiger partial charge on any atom is 0.305 e. The van der Waals surface area contributed by atoms with Crippen LogP contribution in [0.2, 0.25) is 0 Å². The van der Waals surface area contributed by atoms with Crippen molar-refractivity contribution in [1.29, 1.82) is 0 Å². The molecule has 0 saturated carbocycles. The normalized spacial score (nSPS) is 20.4. The molecule has 1 fully saturated rings. The van der Waals surface area contributed by atoms with Crippen LogP contribution in [0.4, 0.5) is 0 Å². The van der Waals surface area contributed by atoms with E-state index in [9.17, 15) is 4.79 Å². The number of carbonyl (C=O) groups is 1. The van der Waals surface area contributed by atoms with E-state index in [1.54, 1.807) is 0 Å². The lowest BCUT2D eigenvalue weighted by Crippen LogP contribution is -2.46. The first-order valence-electron chi connectivity index (χ1n) is 5.07. The summed E-state index contributed by atoms with van der Waals surface area (Å²) in [7, 11) is 0. The summed E-state index contributed by atoms with van der Waals surface area (Å²) >= 11 is 0. The van der Waals surface area contributed by atoms with E-state index in [1.807, 2.05) is 13.8 Å². The maximum absolute atomic E-state index is 10.7. The van der Waals surface area contributed by atoms with Crippen LogP contribution in [-0.2, 0) is 9.53 Å². The summed E-state index contributed by atoms with van der Waals surface area (Å²) in [5.41, 5.74) is -0.264. The predicted octanol–water partition coefficient (Wildman–Crippen LogP) is 0.962. The van der Waals surface area contributed by atoms with Gasteiger partial charge < -0.3 is 9.84 Å². The molecule has 1 saturated heterocycles. The van der Waals surface area contributed by atoms with Crippen molar-refractivity contribution < 1.29 is 14.6 Å². The van der Waals surface area contributed by atoms with Gasteiger partial charge in [-0.05, 0) is 20.3 Å². The summed E-state index contributed by atoms with van der Waals surface area (Å²) in [6.07, 6.45) is 1.18. The molecule has 4 nitrogen and oxygen atoms in total. The fourth-order valence-electron chi connectivity index (χ4n) is 1.83. The Kier molecular flexibility index (Phi) is 3.89. The smallest absolute Gasteiger partial charge is 0.305 e. The van der Waals surface area contributed by atoms with Crippen LogP contribution >= 0.6 is 0 Å². The van der Waals surface area contributed by atoms with Crippen molar-refractivity contribution in [2.24, 2.45) is 0 Å². The average molecular weight is 201 g/mol. The minimum absolute atomic E-state index is 0.188. The molecule has 14 heavy (non-hydrogen) atoms. The molecule has 0 aromatic carbocycles. The van der Waals surface area contributed by atoms with Gasteiger partial charge in [0.05, 0.1) is 13.0 Å². The van der Waals surface area contributed by atoms with E-state index in [1.165, 1.54) is 0 Å². The molecule has 0 aromatic heterocycles. The molecule has 0 bridgehead atoms. The predicted molar refractivity (Wildman–Crippen MR) is 53.3 cm³/mol. The second-order valence-corrected chi connectivity index (χ2v) is 4.34. The van der Waals surface area contributed by atoms with Crippen LogP contribution in [0, 0.1) is 0 Å². The van der Waals surface area contributed by atoms with Gasteiger partial charge in [-0.1, -0.05) is 0 Å². The third kappa shape index (κ3) is 3.27. The van der Waals surface area contributed by atoms with Crippen molar-refractivity contribution in [2.45, 2.75) is 32.2 Å². The summed E-state index contributed by atoms with van der Waals surface area (Å²) in [6.45, 7) is 7.22. The molecule has 1 rings (SSSR count). The zero-order valence-corrected chi connectivity index (χ0v) is 8.95. The first-order chi connectivity index (χ1) is 6.52. The zero-order valence-electron chi connectivity index (χ0n) is 8.95. The topological polar surface area (TPSA) is 49.8 Å². The summed E-state index contributed by atoms with van der Waals surface area (Å²) in [4.78, 5) is 12.9. The van der Waals surface area contributed by atoms with E-state index in [4.69, 9.17) is 9.84 Å². The van der Waals surface area contributed by atoms with Gasteiger partial charge >= 0.3 is 5.97 Å². The Morgan fingerprint density at radius 1 is 1.43 bits per heavy atom. The standard InChI is InChI=1S/C10H19NO3/c1-10(2,8-9(12)13)11-4-3-6-14-7-5-11/h3-8H2,1-2H3,(H,12,13). The monoisotopic (exact) mass is 201 g/mol. The average Bonchev–Trinajstić information content (AvgIpc) is 2.28. The highest BCUT2D eigenvalue weighted by Gasteiger charge is 2.29. The van der Waals surface area contributed by atoms with Crippen molar-refractivity contribution in [3.05, 3.63) is 0 Å². The Bertz CT molecular complexity index is 196. The Labute approximate surface area is 84.8 Å². The molecule has 0 aliphatic carbocycles. The van der Waals surface area contributed by atoms with Crippen LogP contribution in [0.15, 0.2) is 0 Å². The Morgan fingerprint density at radius 3 is 2.79 bits per heavy atom. The van der Waals surface area contributed by atoms with Crippen molar-refractivity contribution in [3.63, 3.8) is 0 Å². The minimum atomic E-state index is -0.736. The number of hydrogen-bond acceptors (Lipinski definition) is 3. The first kappa shape index (κ1) is 11.5. The number of carboxylic acids is 1. The second kappa shape index (κ2) is 4.75. The number of aliphatic carboxylic acids is 1. The van der Waals surface area contributed by atoms with Crippen LogP contribution in [-0.4, -0.2) is 47.8 Å². The molecule has 0 spiro atoms. The number of carboxylic acid groups (broad SMARTS) is 1. The number of rotatable bonds is 3. The van der Waals surface area contributed by atoms with E-state index in [0.717, 1.165) is 26.1 Å². The maximum atomic E-state index is 10.7. The molecule has 0 atom stereocenters. The summed E-state index contributed by atoms with van der Waals surface area (Å²) in [5, 5.41) is 8.79. The number of hydrogen-bond donors (Lipinski definition) is 1. The van der Waals surface area contributed by atoms with E-state index in [2.05, 4.69) is 4.90 Å². The van der Waals surface area contributed by atoms with E-state index >= 15 is 0 Å². The van der Waals surface area contributed by atoms with Gasteiger partial charge in [-0.15, -0.1) is 0 Å². The Hall–Kier alpha value is -0.610. The van der Waals surface area contributed by atoms with Gasteiger partial charge in [0.15, 0.2) is 0 Å². The van der Waals surface area contributed by atoms with Gasteiger partial charge in [0.2, 0.25) is 0 Å². The van der Waals surface area contributed by atoms with Gasteiger partial charge in [0, 0.05) is 25.2 Å². The number of ether oxygens (including phenoxy) is 1. The molecular formula is C10H19NO3. The molecule has 1 heterocycles. The molecular weight excluding hydrogens is 182 g/mol. The van der Waals surface area contributed by atoms with E-state index in [0.29, 0.717) is 6.61 Å². The highest BCUT2D eigenvalue weighted by atomic mass is 16.5. The third-order valence-corrected chi connectivity index (χ3v) is 2.66. The van der Waals surface area contributed by atoms with E-state index < -0.39 is 5.97 Å². The first-order valence-corrected chi connectivity index (χ1v) is 5.07. The second-order valence-electron chi connectivity index (χ2n) is 4.34. The molecule has 0 amide bonds. The quantitative estimate of drug-likeness (QED) is 0.739. The molecule has 1 aliphatic rings. The van der Waals surface area contributed by atoms with Crippen LogP contribution in [0.5, 0.6) is 0 Å². The van der Waals surface area contributed by atoms with Gasteiger partial charge in [0.1, 0.15) is 0 Å². The fourth-order valence-corrected chi connectivity index (χ4v) is 1.83. The minimum Gasteiger partial charge on any atom is -0.481 e. The summed E-state index contributed by atoms with van der Waals surface area (Å²) in [5.74, 6) is -0.736. The SMILES string of the molecule is CC(C)(CC(=O)O)N1CCCOCC1. The third-order valence-electron chi connectivity index (χ3n) is 2.66. The number of nitrogens with zero attached hydrogens (tertiary/aromatic N) is 1. The highest BCUT2D eigenvalue weighted by Crippen LogP contribution is 2.20. The van der Waals surface area contributed by atoms with Crippen LogP contribution in [0.3, 0.4) is 0 Å². The summed E-state index contributed by atoms with van der Waals surface area (Å²) in [6, 6.07) is 0. The lowest BCUT2D eigenvalue weighted by atomic mass is 9.98. The molecule has 1 aliphatic heterocycles. The van der Waals surface area contributed by atoms with Crippen LogP contribution < -0.4 is 0 Å².